The minimum atomic E-state index is -5.15. The van der Waals surface area contributed by atoms with Gasteiger partial charge in [0.2, 0.25) is 0 Å². The lowest BCUT2D eigenvalue weighted by atomic mass is 10.0. The first-order valence-electron chi connectivity index (χ1n) is 9.89. The number of quaternary nitrogens is 1. The van der Waals surface area contributed by atoms with Gasteiger partial charge in [-0.25, -0.2) is 30.4 Å². The molecule has 178 valence electrons. The van der Waals surface area contributed by atoms with E-state index in [9.17, 15) is 39.3 Å². The lowest BCUT2D eigenvalue weighted by Crippen LogP contribution is -2.47. The first-order valence-corrected chi connectivity index (χ1v) is 11.5. The Hall–Kier alpha value is -0.550. The molecule has 0 saturated carbocycles. The molecule has 0 aliphatic rings. The monoisotopic (exact) mass is 459 g/mol. The van der Waals surface area contributed by atoms with E-state index in [-0.39, 0.29) is 12.8 Å². The number of nitrogens with zero attached hydrogens (tertiary/aromatic N) is 1. The Morgan fingerprint density at radius 1 is 0.759 bits per heavy atom. The molecule has 0 aliphatic heterocycles. The first-order chi connectivity index (χ1) is 13.3. The molecule has 29 heavy (non-hydrogen) atoms. The quantitative estimate of drug-likeness (QED) is 0.169. The molecule has 0 aliphatic carbocycles. The highest BCUT2D eigenvalue weighted by Crippen LogP contribution is 2.24. The van der Waals surface area contributed by atoms with Gasteiger partial charge in [0, 0.05) is 0 Å². The average Bonchev–Trinajstić information content (AvgIpc) is 2.67. The molecular formula is C18H35F6NO3S. The second-order valence-electron chi connectivity index (χ2n) is 6.88. The zero-order chi connectivity index (χ0) is 23.3. The molecule has 0 radical (unpaired) electrons. The zero-order valence-corrected chi connectivity index (χ0v) is 18.4. The maximum atomic E-state index is 13.2. The summed E-state index contributed by atoms with van der Waals surface area (Å²) in [5, 5.41) is 0. The summed E-state index contributed by atoms with van der Waals surface area (Å²) in [6, 6.07) is 0. The summed E-state index contributed by atoms with van der Waals surface area (Å²) in [5.74, 6) is -1.86. The van der Waals surface area contributed by atoms with E-state index in [1.807, 2.05) is 0 Å². The molecule has 0 rings (SSSR count). The molecule has 0 aromatic carbocycles. The van der Waals surface area contributed by atoms with Crippen molar-refractivity contribution in [1.29, 1.82) is 0 Å². The molecular weight excluding hydrogens is 424 g/mol. The summed E-state index contributed by atoms with van der Waals surface area (Å²) in [5.41, 5.74) is 0. The van der Waals surface area contributed by atoms with E-state index in [0.717, 1.165) is 0 Å². The standard InChI is InChI=1S/C10H16F6O3S.C8H20N/c11-4-2-1-3-6(12)8(14)10(16)9(15)7(13)5-20(17,18)19;1-5-9(6-2,7-3)8-4/h6-10H,1-5H2,(H,17,18,19);5-8H2,1-4H3/q;+1/p-1. The lowest BCUT2D eigenvalue weighted by molar-refractivity contribution is -0.921. The Bertz CT molecular complexity index is 490. The maximum absolute atomic E-state index is 13.2. The Balaban J connectivity index is 0. The largest absolute Gasteiger partial charge is 0.748 e. The van der Waals surface area contributed by atoms with Crippen molar-refractivity contribution in [2.45, 2.75) is 77.8 Å². The second-order valence-corrected chi connectivity index (χ2v) is 8.33. The second kappa shape index (κ2) is 15.3. The van der Waals surface area contributed by atoms with Gasteiger partial charge in [0.1, 0.15) is 12.3 Å². The number of hydrogen-bond donors (Lipinski definition) is 0. The normalized spacial score (nSPS) is 17.6. The predicted octanol–water partition coefficient (Wildman–Crippen LogP) is 4.24. The molecule has 5 unspecified atom stereocenters. The summed E-state index contributed by atoms with van der Waals surface area (Å²) in [6.45, 7) is 13.4. The van der Waals surface area contributed by atoms with E-state index < -0.39 is 59.8 Å². The van der Waals surface area contributed by atoms with Crippen molar-refractivity contribution in [2.24, 2.45) is 0 Å². The molecule has 0 spiro atoms. The van der Waals surface area contributed by atoms with Gasteiger partial charge in [0.05, 0.1) is 48.7 Å². The number of hydrogen-bond acceptors (Lipinski definition) is 3. The highest BCUT2D eigenvalue weighted by molar-refractivity contribution is 7.85. The van der Waals surface area contributed by atoms with E-state index >= 15 is 0 Å². The minimum Gasteiger partial charge on any atom is -0.748 e. The molecule has 0 heterocycles. The van der Waals surface area contributed by atoms with Gasteiger partial charge in [-0.3, -0.25) is 4.39 Å². The van der Waals surface area contributed by atoms with Crippen molar-refractivity contribution in [2.75, 3.05) is 38.6 Å². The van der Waals surface area contributed by atoms with E-state index in [2.05, 4.69) is 27.7 Å². The van der Waals surface area contributed by atoms with Crippen molar-refractivity contribution in [3.8, 4) is 0 Å². The van der Waals surface area contributed by atoms with Crippen molar-refractivity contribution >= 4 is 10.1 Å². The van der Waals surface area contributed by atoms with Crippen LogP contribution in [0.25, 0.3) is 0 Å². The van der Waals surface area contributed by atoms with E-state index in [1.165, 1.54) is 30.7 Å². The Morgan fingerprint density at radius 2 is 1.17 bits per heavy atom. The third-order valence-corrected chi connectivity index (χ3v) is 5.94. The van der Waals surface area contributed by atoms with E-state index in [4.69, 9.17) is 0 Å². The van der Waals surface area contributed by atoms with Gasteiger partial charge in [-0.05, 0) is 47.0 Å². The fourth-order valence-electron chi connectivity index (χ4n) is 2.80. The topological polar surface area (TPSA) is 57.2 Å². The van der Waals surface area contributed by atoms with Crippen LogP contribution in [-0.4, -0.2) is 86.9 Å². The summed E-state index contributed by atoms with van der Waals surface area (Å²) in [7, 11) is -5.15. The SMILES string of the molecule is CC[N+](CC)(CC)CC.O=S(=O)([O-])CC(F)C(F)C(F)C(F)C(F)CCCCF. The highest BCUT2D eigenvalue weighted by Gasteiger charge is 2.40. The molecule has 0 bridgehead atoms. The van der Waals surface area contributed by atoms with Crippen LogP contribution in [0.3, 0.4) is 0 Å². The van der Waals surface area contributed by atoms with Crippen LogP contribution in [-0.2, 0) is 10.1 Å². The van der Waals surface area contributed by atoms with Gasteiger partial charge in [-0.1, -0.05) is 0 Å². The number of halogens is 6. The summed E-state index contributed by atoms with van der Waals surface area (Å²) < 4.78 is 109. The average molecular weight is 460 g/mol. The Morgan fingerprint density at radius 3 is 1.48 bits per heavy atom. The third-order valence-electron chi connectivity index (χ3n) is 5.21. The molecule has 0 aromatic rings. The third kappa shape index (κ3) is 12.7. The van der Waals surface area contributed by atoms with E-state index in [1.54, 1.807) is 0 Å². The first kappa shape index (κ1) is 30.6. The van der Waals surface area contributed by atoms with Crippen LogP contribution < -0.4 is 0 Å². The van der Waals surface area contributed by atoms with Gasteiger partial charge in [-0.15, -0.1) is 0 Å². The van der Waals surface area contributed by atoms with Crippen molar-refractivity contribution in [3.05, 3.63) is 0 Å². The summed E-state index contributed by atoms with van der Waals surface area (Å²) in [4.78, 5) is 0. The van der Waals surface area contributed by atoms with Gasteiger partial charge in [-0.2, -0.15) is 0 Å². The molecule has 0 N–H and O–H groups in total. The minimum absolute atomic E-state index is 0.0801. The van der Waals surface area contributed by atoms with Crippen LogP contribution in [0.1, 0.15) is 47.0 Å². The zero-order valence-electron chi connectivity index (χ0n) is 17.6. The smallest absolute Gasteiger partial charge is 0.168 e. The van der Waals surface area contributed by atoms with Crippen LogP contribution >= 0.6 is 0 Å². The molecule has 0 amide bonds. The molecule has 5 atom stereocenters. The molecule has 11 heteroatoms. The van der Waals surface area contributed by atoms with Crippen LogP contribution in [0.5, 0.6) is 0 Å². The highest BCUT2D eigenvalue weighted by atomic mass is 32.2. The summed E-state index contributed by atoms with van der Waals surface area (Å²) >= 11 is 0. The lowest BCUT2D eigenvalue weighted by Gasteiger charge is -2.34. The van der Waals surface area contributed by atoms with Crippen molar-refractivity contribution in [1.82, 2.24) is 0 Å². The number of unbranched alkanes of at least 4 members (excludes halogenated alkanes) is 1. The molecule has 0 fully saturated rings. The van der Waals surface area contributed by atoms with Crippen LogP contribution in [0.15, 0.2) is 0 Å². The molecule has 4 nitrogen and oxygen atoms in total. The van der Waals surface area contributed by atoms with Gasteiger partial charge in [0.25, 0.3) is 0 Å². The van der Waals surface area contributed by atoms with E-state index in [0.29, 0.717) is 0 Å². The number of alkyl halides is 6. The van der Waals surface area contributed by atoms with Gasteiger partial charge >= 0.3 is 0 Å². The Kier molecular flexibility index (Phi) is 16.1. The maximum Gasteiger partial charge on any atom is 0.168 e. The van der Waals surface area contributed by atoms with Crippen LogP contribution in [0.2, 0.25) is 0 Å². The Labute approximate surface area is 171 Å². The van der Waals surface area contributed by atoms with Gasteiger partial charge < -0.3 is 9.04 Å². The fourth-order valence-corrected chi connectivity index (χ4v) is 3.37. The van der Waals surface area contributed by atoms with Crippen LogP contribution in [0, 0.1) is 0 Å². The molecule has 0 aromatic heterocycles. The summed E-state index contributed by atoms with van der Waals surface area (Å²) in [6.07, 6.45) is -15.8. The van der Waals surface area contributed by atoms with Gasteiger partial charge in [0.15, 0.2) is 18.5 Å². The fraction of sp³-hybridized carbons (Fsp3) is 1.00. The predicted molar refractivity (Wildman–Crippen MR) is 101 cm³/mol. The number of rotatable bonds is 14. The van der Waals surface area contributed by atoms with Crippen molar-refractivity contribution in [3.63, 3.8) is 0 Å². The molecule has 0 saturated heterocycles. The van der Waals surface area contributed by atoms with Crippen molar-refractivity contribution < 1.29 is 43.8 Å². The van der Waals surface area contributed by atoms with Crippen LogP contribution in [0.4, 0.5) is 26.3 Å².